The van der Waals surface area contributed by atoms with Crippen molar-refractivity contribution in [3.05, 3.63) is 90.0 Å². The van der Waals surface area contributed by atoms with Crippen molar-refractivity contribution in [1.82, 2.24) is 9.97 Å². The largest absolute Gasteiger partial charge is 0.294 e. The third-order valence-electron chi connectivity index (χ3n) is 6.16. The number of nitrogens with zero attached hydrogens (tertiary/aromatic N) is 4. The first-order valence-corrected chi connectivity index (χ1v) is 14.7. The maximum Gasteiger partial charge on any atom is 0.294 e. The van der Waals surface area contributed by atoms with E-state index in [9.17, 15) is 13.0 Å². The second-order valence-electron chi connectivity index (χ2n) is 8.77. The minimum Gasteiger partial charge on any atom is -0.282 e. The summed E-state index contributed by atoms with van der Waals surface area (Å²) < 4.78 is 34.6. The van der Waals surface area contributed by atoms with Crippen molar-refractivity contribution in [3.63, 3.8) is 0 Å². The van der Waals surface area contributed by atoms with Crippen molar-refractivity contribution in [1.29, 1.82) is 0 Å². The third-order valence-corrected chi connectivity index (χ3v) is 9.65. The molecule has 6 aromatic rings. The van der Waals surface area contributed by atoms with Crippen LogP contribution in [0.4, 0.5) is 11.4 Å². The Morgan fingerprint density at radius 2 is 1.21 bits per heavy atom. The molecule has 188 valence electrons. The number of aryl methyl sites for hydroxylation is 2. The number of thiazole rings is 2. The highest BCUT2D eigenvalue weighted by molar-refractivity contribution is 7.86. The molecule has 6 rings (SSSR count). The molecule has 38 heavy (non-hydrogen) atoms. The Bertz CT molecular complexity index is 1960. The SMILES string of the molecule is Cc1cccc2nc(-c3ccc(N=Nc4ccc(-c5nc6ccc(S(=O)(=O)O)c(C)c6s5)cc4)cc3)sc12. The smallest absolute Gasteiger partial charge is 0.282 e. The Balaban J connectivity index is 1.20. The van der Waals surface area contributed by atoms with E-state index in [4.69, 9.17) is 4.98 Å². The van der Waals surface area contributed by atoms with E-state index >= 15 is 0 Å². The van der Waals surface area contributed by atoms with Gasteiger partial charge in [-0.25, -0.2) is 9.97 Å². The van der Waals surface area contributed by atoms with Crippen molar-refractivity contribution in [2.75, 3.05) is 0 Å². The summed E-state index contributed by atoms with van der Waals surface area (Å²) in [6, 6.07) is 24.6. The molecule has 2 aromatic heterocycles. The molecule has 10 heteroatoms. The molecular formula is C28H20N4O3S3. The first-order valence-electron chi connectivity index (χ1n) is 11.6. The number of aromatic nitrogens is 2. The molecule has 0 saturated carbocycles. The molecule has 0 aliphatic carbocycles. The normalized spacial score (nSPS) is 12.2. The molecule has 0 amide bonds. The zero-order valence-corrected chi connectivity index (χ0v) is 22.7. The van der Waals surface area contributed by atoms with E-state index < -0.39 is 10.1 Å². The van der Waals surface area contributed by atoms with Gasteiger partial charge in [0.1, 0.15) is 10.0 Å². The lowest BCUT2D eigenvalue weighted by molar-refractivity contribution is 0.483. The van der Waals surface area contributed by atoms with Crippen LogP contribution in [0.3, 0.4) is 0 Å². The highest BCUT2D eigenvalue weighted by atomic mass is 32.2. The Morgan fingerprint density at radius 1 is 0.684 bits per heavy atom. The molecule has 0 atom stereocenters. The molecule has 2 heterocycles. The van der Waals surface area contributed by atoms with Gasteiger partial charge in [0.25, 0.3) is 10.1 Å². The van der Waals surface area contributed by atoms with Gasteiger partial charge in [-0.05, 0) is 91.7 Å². The second kappa shape index (κ2) is 9.48. The van der Waals surface area contributed by atoms with E-state index in [1.54, 1.807) is 24.3 Å². The minimum atomic E-state index is -4.29. The van der Waals surface area contributed by atoms with Crippen molar-refractivity contribution < 1.29 is 13.0 Å². The van der Waals surface area contributed by atoms with Crippen molar-refractivity contribution >= 4 is 64.6 Å². The maximum atomic E-state index is 11.6. The average molecular weight is 557 g/mol. The molecule has 0 radical (unpaired) electrons. The molecule has 0 aliphatic heterocycles. The van der Waals surface area contributed by atoms with Crippen LogP contribution in [-0.2, 0) is 10.1 Å². The lowest BCUT2D eigenvalue weighted by Gasteiger charge is -2.01. The predicted octanol–water partition coefficient (Wildman–Crippen LogP) is 8.52. The number of hydrogen-bond donors (Lipinski definition) is 1. The maximum absolute atomic E-state index is 11.6. The zero-order valence-electron chi connectivity index (χ0n) is 20.3. The quantitative estimate of drug-likeness (QED) is 0.169. The van der Waals surface area contributed by atoms with Gasteiger partial charge < -0.3 is 0 Å². The van der Waals surface area contributed by atoms with Gasteiger partial charge in [0.2, 0.25) is 0 Å². The molecule has 0 spiro atoms. The van der Waals surface area contributed by atoms with E-state index in [1.807, 2.05) is 60.7 Å². The van der Waals surface area contributed by atoms with Crippen molar-refractivity contribution in [2.45, 2.75) is 18.7 Å². The van der Waals surface area contributed by atoms with Crippen molar-refractivity contribution in [3.8, 4) is 21.1 Å². The number of rotatable bonds is 5. The summed E-state index contributed by atoms with van der Waals surface area (Å²) in [5.41, 5.74) is 6.79. The lowest BCUT2D eigenvalue weighted by atomic mass is 10.2. The highest BCUT2D eigenvalue weighted by Crippen LogP contribution is 2.36. The summed E-state index contributed by atoms with van der Waals surface area (Å²) in [6.45, 7) is 3.77. The molecule has 0 bridgehead atoms. The van der Waals surface area contributed by atoms with Gasteiger partial charge in [-0.1, -0.05) is 12.1 Å². The van der Waals surface area contributed by atoms with Crippen LogP contribution in [0, 0.1) is 13.8 Å². The van der Waals surface area contributed by atoms with E-state index in [0.29, 0.717) is 16.8 Å². The van der Waals surface area contributed by atoms with Crippen LogP contribution in [-0.4, -0.2) is 22.9 Å². The van der Waals surface area contributed by atoms with Crippen LogP contribution in [0.5, 0.6) is 0 Å². The monoisotopic (exact) mass is 556 g/mol. The third kappa shape index (κ3) is 4.63. The minimum absolute atomic E-state index is 0.0980. The number of benzene rings is 4. The Kier molecular flexibility index (Phi) is 6.11. The van der Waals surface area contributed by atoms with Gasteiger partial charge in [-0.2, -0.15) is 18.6 Å². The molecule has 4 aromatic carbocycles. The molecule has 0 aliphatic rings. The summed E-state index contributed by atoms with van der Waals surface area (Å²) in [6.07, 6.45) is 0. The number of azo groups is 1. The van der Waals surface area contributed by atoms with E-state index in [2.05, 4.69) is 28.2 Å². The van der Waals surface area contributed by atoms with Crippen LogP contribution in [0.1, 0.15) is 11.1 Å². The summed E-state index contributed by atoms with van der Waals surface area (Å²) in [4.78, 5) is 9.28. The lowest BCUT2D eigenvalue weighted by Crippen LogP contribution is -2.00. The predicted molar refractivity (Wildman–Crippen MR) is 154 cm³/mol. The van der Waals surface area contributed by atoms with Crippen LogP contribution in [0.15, 0.2) is 94.0 Å². The second-order valence-corrected chi connectivity index (χ2v) is 12.2. The van der Waals surface area contributed by atoms with Gasteiger partial charge in [0.05, 0.1) is 36.7 Å². The Labute approximate surface area is 226 Å². The fourth-order valence-electron chi connectivity index (χ4n) is 4.17. The fourth-order valence-corrected chi connectivity index (χ4v) is 7.08. The summed E-state index contributed by atoms with van der Waals surface area (Å²) in [7, 11) is -4.29. The van der Waals surface area contributed by atoms with E-state index in [-0.39, 0.29) is 4.90 Å². The molecule has 1 N–H and O–H groups in total. The van der Waals surface area contributed by atoms with E-state index in [0.717, 1.165) is 37.0 Å². The Hall–Kier alpha value is -3.83. The van der Waals surface area contributed by atoms with Gasteiger partial charge >= 0.3 is 0 Å². The average Bonchev–Trinajstić information content (AvgIpc) is 3.54. The van der Waals surface area contributed by atoms with Crippen LogP contribution in [0.2, 0.25) is 0 Å². The molecule has 0 saturated heterocycles. The summed E-state index contributed by atoms with van der Waals surface area (Å²) in [5.74, 6) is 0. The summed E-state index contributed by atoms with van der Waals surface area (Å²) in [5, 5.41) is 10.4. The fraction of sp³-hybridized carbons (Fsp3) is 0.0714. The number of hydrogen-bond acceptors (Lipinski definition) is 8. The molecule has 0 fully saturated rings. The van der Waals surface area contributed by atoms with Gasteiger partial charge in [0, 0.05) is 11.1 Å². The van der Waals surface area contributed by atoms with Crippen molar-refractivity contribution in [2.24, 2.45) is 10.2 Å². The molecule has 0 unspecified atom stereocenters. The zero-order chi connectivity index (χ0) is 26.4. The number of fused-ring (bicyclic) bond motifs is 2. The first kappa shape index (κ1) is 24.5. The first-order chi connectivity index (χ1) is 18.3. The van der Waals surface area contributed by atoms with Gasteiger partial charge in [0.15, 0.2) is 0 Å². The molecular weight excluding hydrogens is 537 g/mol. The van der Waals surface area contributed by atoms with Crippen LogP contribution >= 0.6 is 22.7 Å². The highest BCUT2D eigenvalue weighted by Gasteiger charge is 2.18. The van der Waals surface area contributed by atoms with Gasteiger partial charge in [-0.15, -0.1) is 22.7 Å². The molecule has 7 nitrogen and oxygen atoms in total. The van der Waals surface area contributed by atoms with Crippen LogP contribution < -0.4 is 0 Å². The van der Waals surface area contributed by atoms with E-state index in [1.165, 1.54) is 27.7 Å². The standard InChI is InChI=1S/C28H20N4O3S3/c1-16-4-3-5-22-25(16)36-27(29-22)18-6-10-20(11-7-18)31-32-21-12-8-19(9-13-21)28-30-23-14-15-24(38(33,34)35)17(2)26(23)37-28/h3-15H,1-2H3,(H,33,34,35). The summed E-state index contributed by atoms with van der Waals surface area (Å²) >= 11 is 3.07. The Morgan fingerprint density at radius 3 is 1.74 bits per heavy atom. The van der Waals surface area contributed by atoms with Gasteiger partial charge in [-0.3, -0.25) is 4.55 Å². The topological polar surface area (TPSA) is 105 Å². The van der Waals surface area contributed by atoms with Crippen LogP contribution in [0.25, 0.3) is 41.6 Å².